The summed E-state index contributed by atoms with van der Waals surface area (Å²) in [5, 5.41) is 12.0. The lowest BCUT2D eigenvalue weighted by molar-refractivity contribution is 0.0690. The smallest absolute Gasteiger partial charge is 0.355 e. The number of anilines is 1. The van der Waals surface area contributed by atoms with E-state index in [9.17, 15) is 9.90 Å². The third-order valence-corrected chi connectivity index (χ3v) is 12.4. The first-order chi connectivity index (χ1) is 26.7. The number of aliphatic imine (C=N–C) groups is 1. The van der Waals surface area contributed by atoms with Gasteiger partial charge in [0, 0.05) is 40.9 Å². The van der Waals surface area contributed by atoms with E-state index >= 15 is 0 Å². The maximum absolute atomic E-state index is 12.3. The van der Waals surface area contributed by atoms with E-state index in [4.69, 9.17) is 14.5 Å². The summed E-state index contributed by atoms with van der Waals surface area (Å²) in [6, 6.07) is 26.8. The molecule has 1 unspecified atom stereocenters. The van der Waals surface area contributed by atoms with Crippen LogP contribution in [0.2, 0.25) is 0 Å². The Morgan fingerprint density at radius 2 is 1.80 bits per heavy atom. The summed E-state index contributed by atoms with van der Waals surface area (Å²) in [7, 11) is 4.03. The van der Waals surface area contributed by atoms with Gasteiger partial charge in [-0.05, 0) is 111 Å². The number of carbonyl (C=O) groups is 1. The van der Waals surface area contributed by atoms with Gasteiger partial charge in [0.15, 0.2) is 10.8 Å². The Kier molecular flexibility index (Phi) is 14.0. The van der Waals surface area contributed by atoms with Crippen LogP contribution in [0.4, 0.5) is 5.13 Å². The van der Waals surface area contributed by atoms with Crippen LogP contribution in [0.5, 0.6) is 11.5 Å². The maximum atomic E-state index is 12.3. The number of aromatic carboxylic acids is 1. The zero-order valence-corrected chi connectivity index (χ0v) is 34.1. The van der Waals surface area contributed by atoms with Gasteiger partial charge in [-0.15, -0.1) is 11.3 Å². The lowest BCUT2D eigenvalue weighted by Crippen LogP contribution is -2.31. The van der Waals surface area contributed by atoms with Gasteiger partial charge in [0.25, 0.3) is 0 Å². The molecule has 1 aliphatic rings. The van der Waals surface area contributed by atoms with Crippen LogP contribution in [0, 0.1) is 12.8 Å². The highest BCUT2D eigenvalue weighted by atomic mass is 32.2. The highest BCUT2D eigenvalue weighted by molar-refractivity contribution is 8.14. The molecule has 288 valence electrons. The molecular formula is C44H51N5O4S2. The van der Waals surface area contributed by atoms with Crippen molar-refractivity contribution in [2.75, 3.05) is 45.3 Å². The van der Waals surface area contributed by atoms with E-state index in [0.29, 0.717) is 45.1 Å². The van der Waals surface area contributed by atoms with Crippen molar-refractivity contribution >= 4 is 39.2 Å². The molecule has 0 aliphatic carbocycles. The van der Waals surface area contributed by atoms with Gasteiger partial charge in [-0.1, -0.05) is 62.0 Å². The number of ether oxygens (including phenoxy) is 2. The number of aromatic nitrogens is 2. The highest BCUT2D eigenvalue weighted by Gasteiger charge is 2.25. The van der Waals surface area contributed by atoms with Crippen molar-refractivity contribution in [1.29, 1.82) is 0 Å². The molecule has 3 aromatic carbocycles. The van der Waals surface area contributed by atoms with E-state index in [1.54, 1.807) is 18.0 Å². The predicted molar refractivity (Wildman–Crippen MR) is 225 cm³/mol. The second-order valence-corrected chi connectivity index (χ2v) is 16.3. The molecule has 0 amide bonds. The monoisotopic (exact) mass is 777 g/mol. The highest BCUT2D eigenvalue weighted by Crippen LogP contribution is 2.34. The second-order valence-electron chi connectivity index (χ2n) is 14.1. The molecule has 55 heavy (non-hydrogen) atoms. The molecule has 0 bridgehead atoms. The topological polar surface area (TPSA) is 100 Å². The Hall–Kier alpha value is -4.71. The van der Waals surface area contributed by atoms with E-state index in [1.165, 1.54) is 38.5 Å². The van der Waals surface area contributed by atoms with Gasteiger partial charge in [-0.25, -0.2) is 9.78 Å². The number of hydrogen-bond donors (Lipinski definition) is 1. The summed E-state index contributed by atoms with van der Waals surface area (Å²) < 4.78 is 11.8. The van der Waals surface area contributed by atoms with Crippen molar-refractivity contribution in [2.24, 2.45) is 10.9 Å². The van der Waals surface area contributed by atoms with Crippen LogP contribution in [0.1, 0.15) is 64.3 Å². The molecule has 9 nitrogen and oxygen atoms in total. The molecule has 2 aromatic heterocycles. The quantitative estimate of drug-likeness (QED) is 0.0429. The molecule has 0 spiro atoms. The van der Waals surface area contributed by atoms with E-state index in [-0.39, 0.29) is 5.69 Å². The number of nitrogens with zero attached hydrogens (tertiary/aromatic N) is 5. The van der Waals surface area contributed by atoms with Gasteiger partial charge >= 0.3 is 5.97 Å². The van der Waals surface area contributed by atoms with Gasteiger partial charge in [0.05, 0.1) is 30.1 Å². The molecule has 5 aromatic rings. The summed E-state index contributed by atoms with van der Waals surface area (Å²) in [6.07, 6.45) is 4.90. The number of pyridine rings is 1. The standard InChI is InChI=1S/C44H51N5O4S2/c1-6-30(2)42(54-39-14-8-7-11-31(39)3)46-27-34-13-9-12-32-22-23-49(29-37(32)34)44-47-41(43(50)51)40(55-44)15-10-25-52-35-18-16-33(17-19-35)38-21-20-36(28-45-38)53-26-24-48(4)5/h7-9,11-14,16-21,28,30H,6,10,15,22-27,29H2,1-5H3,(H,50,51). The van der Waals surface area contributed by atoms with Crippen LogP contribution in [0.3, 0.4) is 0 Å². The molecule has 1 N–H and O–H groups in total. The Morgan fingerprint density at radius 1 is 1.02 bits per heavy atom. The van der Waals surface area contributed by atoms with Crippen LogP contribution < -0.4 is 14.4 Å². The van der Waals surface area contributed by atoms with Crippen LogP contribution in [-0.4, -0.2) is 71.4 Å². The number of hydrogen-bond acceptors (Lipinski definition) is 10. The second kappa shape index (κ2) is 19.2. The zero-order valence-electron chi connectivity index (χ0n) is 32.5. The van der Waals surface area contributed by atoms with Gasteiger partial charge in [0.1, 0.15) is 18.1 Å². The Balaban J connectivity index is 1.06. The first kappa shape index (κ1) is 40.0. The molecule has 0 fully saturated rings. The van der Waals surface area contributed by atoms with E-state index in [1.807, 2.05) is 50.5 Å². The Bertz CT molecular complexity index is 2060. The molecule has 1 aliphatic heterocycles. The van der Waals surface area contributed by atoms with Crippen LogP contribution in [0.25, 0.3) is 11.3 Å². The normalized spacial score (nSPS) is 13.5. The summed E-state index contributed by atoms with van der Waals surface area (Å²) in [5.41, 5.74) is 7.06. The van der Waals surface area contributed by atoms with Crippen molar-refractivity contribution in [3.05, 3.63) is 118 Å². The van der Waals surface area contributed by atoms with E-state index < -0.39 is 5.97 Å². The summed E-state index contributed by atoms with van der Waals surface area (Å²) in [4.78, 5) is 33.0. The van der Waals surface area contributed by atoms with Crippen LogP contribution in [0.15, 0.2) is 94.9 Å². The third-order valence-electron chi connectivity index (χ3n) is 9.79. The van der Waals surface area contributed by atoms with Crippen molar-refractivity contribution < 1.29 is 19.4 Å². The summed E-state index contributed by atoms with van der Waals surface area (Å²) in [5.74, 6) is 0.876. The van der Waals surface area contributed by atoms with Crippen molar-refractivity contribution in [3.63, 3.8) is 0 Å². The van der Waals surface area contributed by atoms with Gasteiger partial charge < -0.3 is 24.4 Å². The average molecular weight is 778 g/mol. The number of thioether (sulfide) groups is 1. The lowest BCUT2D eigenvalue weighted by Gasteiger charge is -2.30. The number of benzene rings is 3. The lowest BCUT2D eigenvalue weighted by atomic mass is 9.95. The van der Waals surface area contributed by atoms with Crippen molar-refractivity contribution in [2.45, 2.75) is 64.4 Å². The van der Waals surface area contributed by atoms with Gasteiger partial charge in [-0.3, -0.25) is 9.98 Å². The minimum absolute atomic E-state index is 0.140. The Labute approximate surface area is 333 Å². The molecule has 1 atom stereocenters. The molecule has 0 saturated carbocycles. The molecule has 0 radical (unpaired) electrons. The maximum Gasteiger partial charge on any atom is 0.355 e. The molecule has 6 rings (SSSR count). The van der Waals surface area contributed by atoms with Crippen LogP contribution >= 0.6 is 23.1 Å². The van der Waals surface area contributed by atoms with Gasteiger partial charge in [0.2, 0.25) is 0 Å². The third kappa shape index (κ3) is 10.7. The van der Waals surface area contributed by atoms with Crippen molar-refractivity contribution in [1.82, 2.24) is 14.9 Å². The fraction of sp³-hybridized carbons (Fsp3) is 0.364. The Morgan fingerprint density at radius 3 is 2.53 bits per heavy atom. The fourth-order valence-corrected chi connectivity index (χ4v) is 8.53. The molecular weight excluding hydrogens is 727 g/mol. The molecule has 11 heteroatoms. The largest absolute Gasteiger partial charge is 0.494 e. The number of rotatable bonds is 17. The fourth-order valence-electron chi connectivity index (χ4n) is 6.31. The SMILES string of the molecule is CCC(C)C(=NCc1cccc2c1CN(c1nc(C(=O)O)c(CCCOc3ccc(-c4ccc(OCCN(C)C)cn4)cc3)s1)CC2)Sc1ccccc1C. The number of carboxylic acids is 1. The first-order valence-electron chi connectivity index (χ1n) is 19.0. The minimum atomic E-state index is -0.994. The van der Waals surface area contributed by atoms with Crippen LogP contribution in [-0.2, 0) is 25.9 Å². The first-order valence-corrected chi connectivity index (χ1v) is 20.6. The number of likely N-dealkylation sites (N-methyl/N-ethyl adjacent to an activating group) is 1. The van der Waals surface area contributed by atoms with Crippen molar-refractivity contribution in [3.8, 4) is 22.8 Å². The minimum Gasteiger partial charge on any atom is -0.494 e. The summed E-state index contributed by atoms with van der Waals surface area (Å²) >= 11 is 3.26. The van der Waals surface area contributed by atoms with Gasteiger partial charge in [-0.2, -0.15) is 0 Å². The number of carboxylic acid groups (broad SMARTS) is 1. The zero-order chi connectivity index (χ0) is 38.7. The number of aryl methyl sites for hydroxylation is 2. The predicted octanol–water partition coefficient (Wildman–Crippen LogP) is 9.46. The summed E-state index contributed by atoms with van der Waals surface area (Å²) in [6.45, 7) is 10.6. The molecule has 3 heterocycles. The number of fused-ring (bicyclic) bond motifs is 1. The van der Waals surface area contributed by atoms with E-state index in [2.05, 4.69) is 83.0 Å². The average Bonchev–Trinajstić information content (AvgIpc) is 3.63. The van der Waals surface area contributed by atoms with E-state index in [0.717, 1.165) is 63.7 Å². The molecule has 0 saturated heterocycles. The number of thiazole rings is 1.